The van der Waals surface area contributed by atoms with Gasteiger partial charge >= 0.3 is 0 Å². The summed E-state index contributed by atoms with van der Waals surface area (Å²) in [7, 11) is 0. The number of rotatable bonds is 6. The molecule has 1 aliphatic heterocycles. The van der Waals surface area contributed by atoms with Gasteiger partial charge in [0.2, 0.25) is 5.91 Å². The first kappa shape index (κ1) is 23.8. The normalized spacial score (nSPS) is 12.9. The Labute approximate surface area is 210 Å². The van der Waals surface area contributed by atoms with Crippen molar-refractivity contribution in [2.75, 3.05) is 16.1 Å². The minimum absolute atomic E-state index is 0.0279. The third-order valence-electron chi connectivity index (χ3n) is 4.70. The van der Waals surface area contributed by atoms with Gasteiger partial charge in [-0.15, -0.1) is 11.8 Å². The number of halogens is 2. The van der Waals surface area contributed by atoms with Crippen molar-refractivity contribution < 1.29 is 14.4 Å². The molecule has 3 aromatic carbocycles. The average Bonchev–Trinajstić information content (AvgIpc) is 3.18. The zero-order valence-electron chi connectivity index (χ0n) is 17.6. The molecule has 0 spiro atoms. The van der Waals surface area contributed by atoms with E-state index in [-0.39, 0.29) is 34.9 Å². The number of para-hydroxylation sites is 1. The molecule has 3 aromatic rings. The Balaban J connectivity index is 1.32. The third-order valence-corrected chi connectivity index (χ3v) is 6.24. The second-order valence-corrected chi connectivity index (χ2v) is 9.10. The molecular formula is C24H18Cl2N4O3S. The monoisotopic (exact) mass is 512 g/mol. The molecule has 172 valence electrons. The van der Waals surface area contributed by atoms with Crippen LogP contribution in [-0.4, -0.2) is 29.3 Å². The predicted octanol–water partition coefficient (Wildman–Crippen LogP) is 5.20. The second kappa shape index (κ2) is 10.7. The summed E-state index contributed by atoms with van der Waals surface area (Å²) >= 11 is 13.3. The highest BCUT2D eigenvalue weighted by Gasteiger charge is 2.26. The van der Waals surface area contributed by atoms with Crippen LogP contribution in [0, 0.1) is 0 Å². The molecule has 0 unspecified atom stereocenters. The lowest BCUT2D eigenvalue weighted by atomic mass is 10.2. The van der Waals surface area contributed by atoms with Crippen LogP contribution in [-0.2, 0) is 9.59 Å². The quantitative estimate of drug-likeness (QED) is 0.443. The van der Waals surface area contributed by atoms with Gasteiger partial charge in [-0.25, -0.2) is 0 Å². The number of hydrogen-bond acceptors (Lipinski definition) is 5. The molecule has 3 amide bonds. The summed E-state index contributed by atoms with van der Waals surface area (Å²) in [6, 6.07) is 20.8. The number of nitrogens with one attached hydrogen (secondary N) is 2. The van der Waals surface area contributed by atoms with Gasteiger partial charge in [0.15, 0.2) is 0 Å². The van der Waals surface area contributed by atoms with Crippen LogP contribution in [0.1, 0.15) is 16.8 Å². The van der Waals surface area contributed by atoms with Gasteiger partial charge in [0.1, 0.15) is 5.84 Å². The van der Waals surface area contributed by atoms with Crippen molar-refractivity contribution in [2.45, 2.75) is 11.3 Å². The molecule has 4 rings (SSSR count). The van der Waals surface area contributed by atoms with E-state index in [1.807, 2.05) is 24.3 Å². The van der Waals surface area contributed by atoms with Gasteiger partial charge in [-0.05, 0) is 48.5 Å². The van der Waals surface area contributed by atoms with Gasteiger partial charge in [-0.2, -0.15) is 10.1 Å². The molecule has 0 atom stereocenters. The van der Waals surface area contributed by atoms with Gasteiger partial charge in [0.05, 0.1) is 28.4 Å². The molecule has 1 heterocycles. The maximum Gasteiger partial charge on any atom is 0.257 e. The Bertz CT molecular complexity index is 1280. The molecule has 7 nitrogen and oxygen atoms in total. The van der Waals surface area contributed by atoms with Crippen LogP contribution in [0.5, 0.6) is 0 Å². The van der Waals surface area contributed by atoms with Gasteiger partial charge in [-0.1, -0.05) is 47.5 Å². The molecule has 10 heteroatoms. The van der Waals surface area contributed by atoms with E-state index in [1.54, 1.807) is 42.5 Å². The molecule has 2 N–H and O–H groups in total. The zero-order valence-corrected chi connectivity index (χ0v) is 20.0. The zero-order chi connectivity index (χ0) is 24.1. The Kier molecular flexibility index (Phi) is 7.52. The maximum atomic E-state index is 12.5. The highest BCUT2D eigenvalue weighted by atomic mass is 35.5. The number of thioether (sulfide) groups is 1. The van der Waals surface area contributed by atoms with Crippen LogP contribution in [0.25, 0.3) is 0 Å². The lowest BCUT2D eigenvalue weighted by Gasteiger charge is -2.10. The first-order valence-corrected chi connectivity index (χ1v) is 11.9. The molecule has 0 aliphatic carbocycles. The summed E-state index contributed by atoms with van der Waals surface area (Å²) in [5, 5.41) is 11.7. The van der Waals surface area contributed by atoms with Crippen molar-refractivity contribution in [3.05, 3.63) is 88.4 Å². The minimum atomic E-state index is -0.367. The first-order valence-electron chi connectivity index (χ1n) is 10.1. The van der Waals surface area contributed by atoms with Crippen LogP contribution < -0.4 is 15.6 Å². The molecular weight excluding hydrogens is 495 g/mol. The maximum absolute atomic E-state index is 12.5. The number of carbonyl (C=O) groups excluding carboxylic acids is 3. The second-order valence-electron chi connectivity index (χ2n) is 7.21. The molecule has 0 aromatic heterocycles. The first-order chi connectivity index (χ1) is 16.4. The van der Waals surface area contributed by atoms with Crippen molar-refractivity contribution in [1.82, 2.24) is 5.32 Å². The Hall–Kier alpha value is -3.33. The fourth-order valence-corrected chi connectivity index (χ4v) is 4.40. The lowest BCUT2D eigenvalue weighted by molar-refractivity contribution is -0.117. The predicted molar refractivity (Wildman–Crippen MR) is 136 cm³/mol. The summed E-state index contributed by atoms with van der Waals surface area (Å²) in [5.74, 6) is -0.445. The number of benzene rings is 3. The average molecular weight is 513 g/mol. The van der Waals surface area contributed by atoms with E-state index in [1.165, 1.54) is 22.8 Å². The van der Waals surface area contributed by atoms with Crippen molar-refractivity contribution in [1.29, 1.82) is 0 Å². The van der Waals surface area contributed by atoms with Crippen molar-refractivity contribution in [2.24, 2.45) is 5.10 Å². The fraction of sp³-hybridized carbons (Fsp3) is 0.0833. The van der Waals surface area contributed by atoms with Crippen LogP contribution in [0.2, 0.25) is 10.0 Å². The van der Waals surface area contributed by atoms with Crippen molar-refractivity contribution in [3.63, 3.8) is 0 Å². The molecule has 0 saturated heterocycles. The number of anilines is 2. The smallest absolute Gasteiger partial charge is 0.257 e. The highest BCUT2D eigenvalue weighted by molar-refractivity contribution is 8.00. The number of nitrogens with zero attached hydrogens (tertiary/aromatic N) is 2. The Morgan fingerprint density at radius 2 is 1.76 bits per heavy atom. The molecule has 0 saturated carbocycles. The van der Waals surface area contributed by atoms with E-state index < -0.39 is 0 Å². The Morgan fingerprint density at radius 3 is 2.53 bits per heavy atom. The summed E-state index contributed by atoms with van der Waals surface area (Å²) < 4.78 is 0. The van der Waals surface area contributed by atoms with Gasteiger partial charge in [0.25, 0.3) is 11.8 Å². The van der Waals surface area contributed by atoms with E-state index in [9.17, 15) is 14.4 Å². The standard InChI is InChI=1S/C24H18Cl2N4O3S/c25-15-9-10-19(20(26)11-15)24(33)27-16-5-4-8-18(12-16)34-14-22(31)28-21-13-23(32)30(29-21)17-6-2-1-3-7-17/h1-12H,13-14H2,(H,27,33)(H,28,29,31). The summed E-state index contributed by atoms with van der Waals surface area (Å²) in [4.78, 5) is 37.9. The molecule has 34 heavy (non-hydrogen) atoms. The van der Waals surface area contributed by atoms with E-state index >= 15 is 0 Å². The number of amides is 3. The van der Waals surface area contributed by atoms with Crippen LogP contribution in [0.15, 0.2) is 82.8 Å². The molecule has 0 fully saturated rings. The number of hydrazone groups is 1. The fourth-order valence-electron chi connectivity index (χ4n) is 3.15. The van der Waals surface area contributed by atoms with E-state index in [0.717, 1.165) is 4.90 Å². The minimum Gasteiger partial charge on any atom is -0.322 e. The highest BCUT2D eigenvalue weighted by Crippen LogP contribution is 2.25. The lowest BCUT2D eigenvalue weighted by Crippen LogP contribution is -2.31. The van der Waals surface area contributed by atoms with E-state index in [0.29, 0.717) is 27.8 Å². The van der Waals surface area contributed by atoms with Crippen LogP contribution >= 0.6 is 35.0 Å². The number of hydrogen-bond donors (Lipinski definition) is 2. The van der Waals surface area contributed by atoms with E-state index in [2.05, 4.69) is 15.7 Å². The summed E-state index contributed by atoms with van der Waals surface area (Å²) in [5.41, 5.74) is 1.51. The molecule has 1 aliphatic rings. The van der Waals surface area contributed by atoms with Crippen molar-refractivity contribution >= 4 is 69.9 Å². The van der Waals surface area contributed by atoms with Crippen LogP contribution in [0.4, 0.5) is 11.4 Å². The topological polar surface area (TPSA) is 90.9 Å². The van der Waals surface area contributed by atoms with Gasteiger partial charge in [0, 0.05) is 15.6 Å². The third kappa shape index (κ3) is 5.96. The SMILES string of the molecule is O=C(CSc1cccc(NC(=O)c2ccc(Cl)cc2Cl)c1)NC1=NN(c2ccccc2)C(=O)C1. The van der Waals surface area contributed by atoms with Crippen LogP contribution in [0.3, 0.4) is 0 Å². The molecule has 0 bridgehead atoms. The number of amidine groups is 1. The Morgan fingerprint density at radius 1 is 0.971 bits per heavy atom. The largest absolute Gasteiger partial charge is 0.322 e. The summed E-state index contributed by atoms with van der Waals surface area (Å²) in [6.45, 7) is 0. The van der Waals surface area contributed by atoms with Crippen molar-refractivity contribution in [3.8, 4) is 0 Å². The number of carbonyl (C=O) groups is 3. The van der Waals surface area contributed by atoms with Gasteiger partial charge in [-0.3, -0.25) is 14.4 Å². The summed E-state index contributed by atoms with van der Waals surface area (Å²) in [6.07, 6.45) is 0.0279. The molecule has 0 radical (unpaired) electrons. The van der Waals surface area contributed by atoms with Gasteiger partial charge < -0.3 is 10.6 Å². The van der Waals surface area contributed by atoms with E-state index in [4.69, 9.17) is 23.2 Å².